The molecule has 0 aliphatic rings. The Morgan fingerprint density at radius 3 is 2.89 bits per heavy atom. The molecular weight excluding hydrogens is 239 g/mol. The molecule has 0 aromatic heterocycles. The number of carbonyl (C=O) groups is 2. The Morgan fingerprint density at radius 2 is 2.28 bits per heavy atom. The van der Waals surface area contributed by atoms with Crippen LogP contribution in [0.5, 0.6) is 0 Å². The molecule has 0 heterocycles. The van der Waals surface area contributed by atoms with Gasteiger partial charge >= 0.3 is 6.09 Å². The summed E-state index contributed by atoms with van der Waals surface area (Å²) in [4.78, 5) is 21.9. The number of amides is 1. The molecule has 1 aromatic carbocycles. The molecule has 1 aromatic rings. The average molecular weight is 254 g/mol. The van der Waals surface area contributed by atoms with Crippen molar-refractivity contribution in [1.82, 2.24) is 0 Å². The Hall–Kier alpha value is -2.11. The molecule has 0 aliphatic heterocycles. The molecule has 0 saturated carbocycles. The monoisotopic (exact) mass is 254 g/mol. The first kappa shape index (κ1) is 14.0. The van der Waals surface area contributed by atoms with Gasteiger partial charge in [-0.25, -0.2) is 9.18 Å². The van der Waals surface area contributed by atoms with Gasteiger partial charge in [0.15, 0.2) is 6.29 Å². The molecule has 98 valence electrons. The van der Waals surface area contributed by atoms with E-state index in [1.54, 1.807) is 0 Å². The number of aldehydes is 1. The van der Waals surface area contributed by atoms with Gasteiger partial charge in [-0.1, -0.05) is 13.3 Å². The summed E-state index contributed by atoms with van der Waals surface area (Å²) < 4.78 is 18.3. The van der Waals surface area contributed by atoms with Gasteiger partial charge < -0.3 is 10.5 Å². The fourth-order valence-corrected chi connectivity index (χ4v) is 1.26. The number of hydrogen-bond acceptors (Lipinski definition) is 4. The Labute approximate surface area is 104 Å². The lowest BCUT2D eigenvalue weighted by molar-refractivity contribution is 0.112. The molecule has 0 bridgehead atoms. The summed E-state index contributed by atoms with van der Waals surface area (Å²) in [6, 6.07) is 2.14. The van der Waals surface area contributed by atoms with Crippen LogP contribution in [0.15, 0.2) is 12.1 Å². The van der Waals surface area contributed by atoms with Crippen LogP contribution in [0.2, 0.25) is 0 Å². The molecule has 0 fully saturated rings. The van der Waals surface area contributed by atoms with Crippen molar-refractivity contribution >= 4 is 23.8 Å². The van der Waals surface area contributed by atoms with E-state index in [0.717, 1.165) is 18.9 Å². The van der Waals surface area contributed by atoms with Gasteiger partial charge in [-0.15, -0.1) is 0 Å². The fraction of sp³-hybridized carbons (Fsp3) is 0.333. The number of unbranched alkanes of at least 4 members (excludes halogenated alkanes) is 1. The van der Waals surface area contributed by atoms with E-state index in [-0.39, 0.29) is 23.5 Å². The minimum Gasteiger partial charge on any atom is -0.449 e. The van der Waals surface area contributed by atoms with E-state index in [9.17, 15) is 14.0 Å². The average Bonchev–Trinajstić information content (AvgIpc) is 2.33. The van der Waals surface area contributed by atoms with Crippen molar-refractivity contribution in [1.29, 1.82) is 0 Å². The highest BCUT2D eigenvalue weighted by Gasteiger charge is 2.11. The summed E-state index contributed by atoms with van der Waals surface area (Å²) in [5, 5.41) is 2.22. The maximum Gasteiger partial charge on any atom is 0.411 e. The molecule has 18 heavy (non-hydrogen) atoms. The quantitative estimate of drug-likeness (QED) is 0.480. The van der Waals surface area contributed by atoms with Crippen LogP contribution >= 0.6 is 0 Å². The normalized spacial score (nSPS) is 9.89. The molecule has 1 rings (SSSR count). The van der Waals surface area contributed by atoms with Crippen LogP contribution in [0.1, 0.15) is 30.1 Å². The summed E-state index contributed by atoms with van der Waals surface area (Å²) in [6.45, 7) is 2.22. The lowest BCUT2D eigenvalue weighted by Crippen LogP contribution is -2.15. The minimum atomic E-state index is -0.760. The number of anilines is 2. The lowest BCUT2D eigenvalue weighted by Gasteiger charge is -2.09. The van der Waals surface area contributed by atoms with Crippen molar-refractivity contribution < 1.29 is 18.7 Å². The first-order valence-corrected chi connectivity index (χ1v) is 5.56. The van der Waals surface area contributed by atoms with Crippen molar-refractivity contribution in [2.75, 3.05) is 17.7 Å². The van der Waals surface area contributed by atoms with E-state index in [1.807, 2.05) is 6.92 Å². The smallest absolute Gasteiger partial charge is 0.411 e. The van der Waals surface area contributed by atoms with Crippen LogP contribution in [-0.2, 0) is 4.74 Å². The molecule has 0 saturated heterocycles. The van der Waals surface area contributed by atoms with Crippen LogP contribution in [0.25, 0.3) is 0 Å². The largest absolute Gasteiger partial charge is 0.449 e. The van der Waals surface area contributed by atoms with Gasteiger partial charge in [0.25, 0.3) is 0 Å². The molecule has 0 atom stereocenters. The molecule has 0 aliphatic carbocycles. The van der Waals surface area contributed by atoms with Crippen LogP contribution in [0, 0.1) is 5.82 Å². The SMILES string of the molecule is CCCCOC(=O)Nc1cc(C=O)c(N)cc1F. The van der Waals surface area contributed by atoms with Gasteiger partial charge in [0.2, 0.25) is 0 Å². The molecule has 0 spiro atoms. The zero-order valence-corrected chi connectivity index (χ0v) is 10.0. The second-order valence-electron chi connectivity index (χ2n) is 3.69. The zero-order valence-electron chi connectivity index (χ0n) is 10.0. The van der Waals surface area contributed by atoms with Crippen LogP contribution in [-0.4, -0.2) is 19.0 Å². The number of carbonyl (C=O) groups excluding carboxylic acids is 2. The van der Waals surface area contributed by atoms with Crippen molar-refractivity contribution in [2.45, 2.75) is 19.8 Å². The molecule has 1 amide bonds. The third-order valence-electron chi connectivity index (χ3n) is 2.27. The first-order chi connectivity index (χ1) is 8.58. The number of nitrogen functional groups attached to an aromatic ring is 1. The standard InChI is InChI=1S/C12H15FN2O3/c1-2-3-4-18-12(17)15-11-5-8(7-16)10(14)6-9(11)13/h5-7H,2-4,14H2,1H3,(H,15,17). The van der Waals surface area contributed by atoms with Crippen molar-refractivity contribution in [3.63, 3.8) is 0 Å². The maximum atomic E-state index is 13.4. The van der Waals surface area contributed by atoms with E-state index < -0.39 is 11.9 Å². The van der Waals surface area contributed by atoms with Gasteiger partial charge in [0.05, 0.1) is 12.3 Å². The highest BCUT2D eigenvalue weighted by atomic mass is 19.1. The van der Waals surface area contributed by atoms with E-state index in [4.69, 9.17) is 10.5 Å². The predicted molar refractivity (Wildman–Crippen MR) is 66.1 cm³/mol. The molecular formula is C12H15FN2O3. The van der Waals surface area contributed by atoms with E-state index in [2.05, 4.69) is 5.32 Å². The number of hydrogen-bond donors (Lipinski definition) is 2. The number of halogens is 1. The third kappa shape index (κ3) is 3.73. The number of ether oxygens (including phenoxy) is 1. The first-order valence-electron chi connectivity index (χ1n) is 5.56. The summed E-state index contributed by atoms with van der Waals surface area (Å²) in [7, 11) is 0. The van der Waals surface area contributed by atoms with Gasteiger partial charge in [-0.05, 0) is 18.6 Å². The maximum absolute atomic E-state index is 13.4. The predicted octanol–water partition coefficient (Wildman–Crippen LogP) is 2.57. The van der Waals surface area contributed by atoms with Crippen LogP contribution in [0.4, 0.5) is 20.6 Å². The highest BCUT2D eigenvalue weighted by molar-refractivity contribution is 5.90. The lowest BCUT2D eigenvalue weighted by atomic mass is 10.1. The van der Waals surface area contributed by atoms with E-state index >= 15 is 0 Å². The van der Waals surface area contributed by atoms with Crippen molar-refractivity contribution in [3.05, 3.63) is 23.5 Å². The van der Waals surface area contributed by atoms with Gasteiger partial charge in [0.1, 0.15) is 5.82 Å². The van der Waals surface area contributed by atoms with Crippen LogP contribution < -0.4 is 11.1 Å². The van der Waals surface area contributed by atoms with Gasteiger partial charge in [-0.3, -0.25) is 10.1 Å². The zero-order chi connectivity index (χ0) is 13.5. The molecule has 0 radical (unpaired) electrons. The summed E-state index contributed by atoms with van der Waals surface area (Å²) in [6.07, 6.45) is 1.35. The Morgan fingerprint density at radius 1 is 1.56 bits per heavy atom. The van der Waals surface area contributed by atoms with Crippen molar-refractivity contribution in [3.8, 4) is 0 Å². The van der Waals surface area contributed by atoms with Crippen LogP contribution in [0.3, 0.4) is 0 Å². The Bertz CT molecular complexity index is 449. The van der Waals surface area contributed by atoms with Crippen molar-refractivity contribution in [2.24, 2.45) is 0 Å². The Balaban J connectivity index is 2.72. The molecule has 5 nitrogen and oxygen atoms in total. The number of nitrogens with two attached hydrogens (primary N) is 1. The fourth-order valence-electron chi connectivity index (χ4n) is 1.26. The Kier molecular flexibility index (Phi) is 5.10. The minimum absolute atomic E-state index is 0.0207. The van der Waals surface area contributed by atoms with Gasteiger partial charge in [-0.2, -0.15) is 0 Å². The van der Waals surface area contributed by atoms with E-state index in [0.29, 0.717) is 6.29 Å². The summed E-state index contributed by atoms with van der Waals surface area (Å²) in [5.74, 6) is -0.717. The molecule has 6 heteroatoms. The van der Waals surface area contributed by atoms with Gasteiger partial charge in [0, 0.05) is 11.3 Å². The summed E-state index contributed by atoms with van der Waals surface area (Å²) in [5.41, 5.74) is 5.42. The molecule has 3 N–H and O–H groups in total. The van der Waals surface area contributed by atoms with E-state index in [1.165, 1.54) is 6.07 Å². The molecule has 0 unspecified atom stereocenters. The topological polar surface area (TPSA) is 81.4 Å². The highest BCUT2D eigenvalue weighted by Crippen LogP contribution is 2.21. The summed E-state index contributed by atoms with van der Waals surface area (Å²) >= 11 is 0. The second-order valence-corrected chi connectivity index (χ2v) is 3.69. The second kappa shape index (κ2) is 6.58. The third-order valence-corrected chi connectivity index (χ3v) is 2.27. The number of rotatable bonds is 5. The number of benzene rings is 1. The number of nitrogens with one attached hydrogen (secondary N) is 1.